The van der Waals surface area contributed by atoms with Gasteiger partial charge in [-0.3, -0.25) is 9.59 Å². The molecule has 2 aliphatic heterocycles. The Morgan fingerprint density at radius 1 is 1.13 bits per heavy atom. The first-order valence-electron chi connectivity index (χ1n) is 11.5. The third-order valence-corrected chi connectivity index (χ3v) is 9.12. The zero-order valence-corrected chi connectivity index (χ0v) is 19.5. The standard InChI is InChI=1S/C23H33N3O4S/c1-4-25(5-2)31(29,30)19-10-6-16(3)20(14-19)23(28)24-13-12-21-17(15-24)7-11-22(27)26(21)18-8-9-18/h6,10,14,17-18,21H,4-5,7-9,11-13,15H2,1-3H3/t17-,21+/m0/s1. The number of carbonyl (C=O) groups excluding carboxylic acids is 2. The third kappa shape index (κ3) is 4.12. The van der Waals surface area contributed by atoms with Gasteiger partial charge in [-0.15, -0.1) is 0 Å². The lowest BCUT2D eigenvalue weighted by Crippen LogP contribution is -2.57. The second-order valence-electron chi connectivity index (χ2n) is 9.00. The van der Waals surface area contributed by atoms with Crippen molar-refractivity contribution in [3.8, 4) is 0 Å². The Morgan fingerprint density at radius 2 is 1.84 bits per heavy atom. The van der Waals surface area contributed by atoms with Crippen LogP contribution in [0.25, 0.3) is 0 Å². The highest BCUT2D eigenvalue weighted by Crippen LogP contribution is 2.39. The van der Waals surface area contributed by atoms with Crippen LogP contribution in [-0.2, 0) is 14.8 Å². The minimum atomic E-state index is -3.62. The molecule has 2 atom stereocenters. The Hall–Kier alpha value is -1.93. The number of likely N-dealkylation sites (tertiary alicyclic amines) is 2. The maximum Gasteiger partial charge on any atom is 0.254 e. The molecule has 0 bridgehead atoms. The Morgan fingerprint density at radius 3 is 2.48 bits per heavy atom. The van der Waals surface area contributed by atoms with Gasteiger partial charge in [-0.2, -0.15) is 4.31 Å². The van der Waals surface area contributed by atoms with Crippen LogP contribution < -0.4 is 0 Å². The van der Waals surface area contributed by atoms with Gasteiger partial charge in [-0.1, -0.05) is 19.9 Å². The smallest absolute Gasteiger partial charge is 0.254 e. The van der Waals surface area contributed by atoms with Gasteiger partial charge in [0.25, 0.3) is 5.91 Å². The number of hydrogen-bond acceptors (Lipinski definition) is 4. The lowest BCUT2D eigenvalue weighted by atomic mass is 9.83. The average Bonchev–Trinajstić information content (AvgIpc) is 3.58. The van der Waals surface area contributed by atoms with Crippen molar-refractivity contribution >= 4 is 21.8 Å². The molecule has 4 rings (SSSR count). The summed E-state index contributed by atoms with van der Waals surface area (Å²) in [6, 6.07) is 5.51. The number of rotatable bonds is 6. The molecule has 3 aliphatic rings. The zero-order chi connectivity index (χ0) is 22.3. The van der Waals surface area contributed by atoms with E-state index < -0.39 is 10.0 Å². The SMILES string of the molecule is CCN(CC)S(=O)(=O)c1ccc(C)c(C(=O)N2CC[C@@H]3[C@@H](CCC(=O)N3C3CC3)C2)c1. The monoisotopic (exact) mass is 447 g/mol. The third-order valence-electron chi connectivity index (χ3n) is 7.08. The van der Waals surface area contributed by atoms with Crippen molar-refractivity contribution in [1.82, 2.24) is 14.1 Å². The van der Waals surface area contributed by atoms with E-state index in [2.05, 4.69) is 4.90 Å². The first kappa shape index (κ1) is 22.3. The van der Waals surface area contributed by atoms with Crippen molar-refractivity contribution < 1.29 is 18.0 Å². The largest absolute Gasteiger partial charge is 0.338 e. The molecule has 0 N–H and O–H groups in total. The van der Waals surface area contributed by atoms with Crippen LogP contribution in [0.15, 0.2) is 23.1 Å². The van der Waals surface area contributed by atoms with Crippen molar-refractivity contribution in [1.29, 1.82) is 0 Å². The highest BCUT2D eigenvalue weighted by atomic mass is 32.2. The molecule has 1 aliphatic carbocycles. The number of hydrogen-bond donors (Lipinski definition) is 0. The first-order valence-corrected chi connectivity index (χ1v) is 12.9. The predicted molar refractivity (Wildman–Crippen MR) is 118 cm³/mol. The van der Waals surface area contributed by atoms with E-state index in [4.69, 9.17) is 0 Å². The Kier molecular flexibility index (Phi) is 6.14. The van der Waals surface area contributed by atoms with Crippen molar-refractivity contribution in [3.05, 3.63) is 29.3 Å². The lowest BCUT2D eigenvalue weighted by Gasteiger charge is -2.47. The van der Waals surface area contributed by atoms with Gasteiger partial charge in [0.15, 0.2) is 0 Å². The van der Waals surface area contributed by atoms with Gasteiger partial charge in [-0.05, 0) is 56.2 Å². The molecule has 1 aromatic rings. The molecule has 0 aromatic heterocycles. The van der Waals surface area contributed by atoms with Gasteiger partial charge in [0.05, 0.1) is 4.90 Å². The van der Waals surface area contributed by atoms with Crippen LogP contribution in [0, 0.1) is 12.8 Å². The van der Waals surface area contributed by atoms with E-state index in [1.165, 1.54) is 10.4 Å². The fourth-order valence-corrected chi connectivity index (χ4v) is 6.66. The number of aryl methyl sites for hydroxylation is 1. The topological polar surface area (TPSA) is 78.0 Å². The van der Waals surface area contributed by atoms with E-state index in [1.54, 1.807) is 12.1 Å². The summed E-state index contributed by atoms with van der Waals surface area (Å²) in [6.45, 7) is 7.48. The van der Waals surface area contributed by atoms with Gasteiger partial charge in [0.1, 0.15) is 0 Å². The molecule has 2 saturated heterocycles. The summed E-state index contributed by atoms with van der Waals surface area (Å²) in [7, 11) is -3.62. The molecule has 0 unspecified atom stereocenters. The number of fused-ring (bicyclic) bond motifs is 1. The van der Waals surface area contributed by atoms with E-state index in [9.17, 15) is 18.0 Å². The molecule has 1 aromatic carbocycles. The molecular weight excluding hydrogens is 414 g/mol. The number of benzene rings is 1. The molecule has 2 heterocycles. The quantitative estimate of drug-likeness (QED) is 0.672. The molecule has 2 amide bonds. The van der Waals surface area contributed by atoms with E-state index >= 15 is 0 Å². The number of sulfonamides is 1. The summed E-state index contributed by atoms with van der Waals surface area (Å²) in [5.74, 6) is 0.468. The molecule has 7 nitrogen and oxygen atoms in total. The second-order valence-corrected chi connectivity index (χ2v) is 10.9. The lowest BCUT2D eigenvalue weighted by molar-refractivity contribution is -0.141. The maximum atomic E-state index is 13.4. The number of piperidine rings is 2. The van der Waals surface area contributed by atoms with Crippen LogP contribution in [0.3, 0.4) is 0 Å². The predicted octanol–water partition coefficient (Wildman–Crippen LogP) is 2.64. The number of carbonyl (C=O) groups is 2. The van der Waals surface area contributed by atoms with Crippen LogP contribution in [0.2, 0.25) is 0 Å². The first-order chi connectivity index (χ1) is 14.8. The normalized spacial score (nSPS) is 24.5. The van der Waals surface area contributed by atoms with Gasteiger partial charge in [0, 0.05) is 50.2 Å². The molecule has 1 saturated carbocycles. The minimum Gasteiger partial charge on any atom is -0.338 e. The van der Waals surface area contributed by atoms with E-state index in [-0.39, 0.29) is 22.8 Å². The number of nitrogens with zero attached hydrogens (tertiary/aromatic N) is 3. The zero-order valence-electron chi connectivity index (χ0n) is 18.7. The van der Waals surface area contributed by atoms with Crippen LogP contribution in [0.5, 0.6) is 0 Å². The Bertz CT molecular complexity index is 969. The molecule has 0 radical (unpaired) electrons. The minimum absolute atomic E-state index is 0.109. The van der Waals surface area contributed by atoms with Crippen LogP contribution in [0.1, 0.15) is 61.9 Å². The van der Waals surface area contributed by atoms with Crippen molar-refractivity contribution in [2.45, 2.75) is 69.9 Å². The Balaban J connectivity index is 1.54. The Labute approximate surface area is 185 Å². The van der Waals surface area contributed by atoms with Gasteiger partial charge in [0.2, 0.25) is 15.9 Å². The molecule has 0 spiro atoms. The average molecular weight is 448 g/mol. The molecule has 170 valence electrons. The highest BCUT2D eigenvalue weighted by Gasteiger charge is 2.46. The summed E-state index contributed by atoms with van der Waals surface area (Å²) in [4.78, 5) is 30.0. The van der Waals surface area contributed by atoms with Crippen LogP contribution >= 0.6 is 0 Å². The molecular formula is C23H33N3O4S. The van der Waals surface area contributed by atoms with Crippen molar-refractivity contribution in [2.24, 2.45) is 5.92 Å². The molecule has 31 heavy (non-hydrogen) atoms. The summed E-state index contributed by atoms with van der Waals surface area (Å²) >= 11 is 0. The second kappa shape index (κ2) is 8.54. The fourth-order valence-electron chi connectivity index (χ4n) is 5.18. The number of amides is 2. The summed E-state index contributed by atoms with van der Waals surface area (Å²) in [5, 5.41) is 0. The highest BCUT2D eigenvalue weighted by molar-refractivity contribution is 7.89. The summed E-state index contributed by atoms with van der Waals surface area (Å²) in [6.07, 6.45) is 4.40. The molecule has 8 heteroatoms. The van der Waals surface area contributed by atoms with Gasteiger partial charge < -0.3 is 9.80 Å². The van der Waals surface area contributed by atoms with E-state index in [0.717, 1.165) is 31.2 Å². The fraction of sp³-hybridized carbons (Fsp3) is 0.652. The van der Waals surface area contributed by atoms with E-state index in [1.807, 2.05) is 25.7 Å². The van der Waals surface area contributed by atoms with E-state index in [0.29, 0.717) is 50.1 Å². The van der Waals surface area contributed by atoms with Crippen LogP contribution in [-0.4, -0.2) is 72.6 Å². The van der Waals surface area contributed by atoms with Crippen molar-refractivity contribution in [3.63, 3.8) is 0 Å². The summed E-state index contributed by atoms with van der Waals surface area (Å²) in [5.41, 5.74) is 1.24. The van der Waals surface area contributed by atoms with Gasteiger partial charge in [-0.25, -0.2) is 8.42 Å². The molecule has 3 fully saturated rings. The van der Waals surface area contributed by atoms with Gasteiger partial charge >= 0.3 is 0 Å². The maximum absolute atomic E-state index is 13.4. The summed E-state index contributed by atoms with van der Waals surface area (Å²) < 4.78 is 27.3. The van der Waals surface area contributed by atoms with Crippen LogP contribution in [0.4, 0.5) is 0 Å². The van der Waals surface area contributed by atoms with Crippen molar-refractivity contribution in [2.75, 3.05) is 26.2 Å².